The number of nitrogens with one attached hydrogen (secondary N) is 1. The first-order valence-electron chi connectivity index (χ1n) is 9.93. The van der Waals surface area contributed by atoms with Crippen LogP contribution in [0.25, 0.3) is 5.57 Å². The number of pyridine rings is 1. The molecular weight excluding hydrogens is 408 g/mol. The Balaban J connectivity index is 1.77. The molecule has 0 unspecified atom stereocenters. The summed E-state index contributed by atoms with van der Waals surface area (Å²) >= 11 is 0. The summed E-state index contributed by atoms with van der Waals surface area (Å²) in [5, 5.41) is 14.2. The predicted molar refractivity (Wildman–Crippen MR) is 119 cm³/mol. The number of aryl methyl sites for hydroxylation is 2. The maximum Gasteiger partial charge on any atom is 0.278 e. The minimum Gasteiger partial charge on any atom is -0.350 e. The SMILES string of the molecule is Cc1ccc(NC2=C(c3ccc([N+](=O)[O-])cc3)C(=O)N(Cc3ccncc3)C2=O)c(C)c1. The van der Waals surface area contributed by atoms with Gasteiger partial charge in [-0.25, -0.2) is 0 Å². The Hall–Kier alpha value is -4.33. The largest absolute Gasteiger partial charge is 0.350 e. The van der Waals surface area contributed by atoms with E-state index in [1.54, 1.807) is 24.5 Å². The summed E-state index contributed by atoms with van der Waals surface area (Å²) in [6.45, 7) is 3.98. The van der Waals surface area contributed by atoms with Crippen molar-refractivity contribution >= 4 is 28.8 Å². The standard InChI is InChI=1S/C24H20N4O4/c1-15-3-8-20(16(2)13-15)26-22-21(18-4-6-19(7-5-18)28(31)32)23(29)27(24(22)30)14-17-9-11-25-12-10-17/h3-13,26H,14H2,1-2H3. The fraction of sp³-hybridized carbons (Fsp3) is 0.125. The van der Waals surface area contributed by atoms with Crippen LogP contribution in [0.3, 0.4) is 0 Å². The van der Waals surface area contributed by atoms with Crippen molar-refractivity contribution in [2.45, 2.75) is 20.4 Å². The molecule has 1 aliphatic heterocycles. The van der Waals surface area contributed by atoms with Crippen molar-refractivity contribution in [2.75, 3.05) is 5.32 Å². The molecule has 1 aliphatic rings. The van der Waals surface area contributed by atoms with Crippen LogP contribution in [0.1, 0.15) is 22.3 Å². The molecule has 0 fully saturated rings. The van der Waals surface area contributed by atoms with Gasteiger partial charge in [0.25, 0.3) is 17.5 Å². The van der Waals surface area contributed by atoms with Gasteiger partial charge in [0.1, 0.15) is 5.70 Å². The molecule has 0 saturated carbocycles. The molecule has 2 amide bonds. The van der Waals surface area contributed by atoms with Gasteiger partial charge in [0.15, 0.2) is 0 Å². The molecular formula is C24H20N4O4. The van der Waals surface area contributed by atoms with Gasteiger partial charge in [-0.1, -0.05) is 17.7 Å². The smallest absolute Gasteiger partial charge is 0.278 e. The third kappa shape index (κ3) is 3.98. The van der Waals surface area contributed by atoms with Crippen LogP contribution in [0.15, 0.2) is 72.7 Å². The average Bonchev–Trinajstić information content (AvgIpc) is 3.00. The summed E-state index contributed by atoms with van der Waals surface area (Å²) in [7, 11) is 0. The number of hydrogen-bond donors (Lipinski definition) is 1. The maximum absolute atomic E-state index is 13.3. The predicted octanol–water partition coefficient (Wildman–Crippen LogP) is 4.00. The van der Waals surface area contributed by atoms with Gasteiger partial charge in [-0.15, -0.1) is 0 Å². The van der Waals surface area contributed by atoms with Crippen molar-refractivity contribution in [1.29, 1.82) is 0 Å². The summed E-state index contributed by atoms with van der Waals surface area (Å²) in [4.78, 5) is 42.3. The number of anilines is 1. The van der Waals surface area contributed by atoms with Crippen LogP contribution in [0.5, 0.6) is 0 Å². The van der Waals surface area contributed by atoms with E-state index in [2.05, 4.69) is 10.3 Å². The Morgan fingerprint density at radius 3 is 2.28 bits per heavy atom. The molecule has 0 atom stereocenters. The molecule has 0 bridgehead atoms. The lowest BCUT2D eigenvalue weighted by Gasteiger charge is -2.15. The Kier molecular flexibility index (Phi) is 5.51. The fourth-order valence-electron chi connectivity index (χ4n) is 3.61. The van der Waals surface area contributed by atoms with Crippen LogP contribution in [0.2, 0.25) is 0 Å². The first-order valence-corrected chi connectivity index (χ1v) is 9.93. The number of non-ortho nitro benzene ring substituents is 1. The van der Waals surface area contributed by atoms with Crippen molar-refractivity contribution in [3.8, 4) is 0 Å². The molecule has 32 heavy (non-hydrogen) atoms. The Morgan fingerprint density at radius 2 is 1.66 bits per heavy atom. The summed E-state index contributed by atoms with van der Waals surface area (Å²) in [5.74, 6) is -0.923. The van der Waals surface area contributed by atoms with Gasteiger partial charge >= 0.3 is 0 Å². The van der Waals surface area contributed by atoms with Crippen molar-refractivity contribution in [2.24, 2.45) is 0 Å². The highest BCUT2D eigenvalue weighted by atomic mass is 16.6. The molecule has 0 aliphatic carbocycles. The van der Waals surface area contributed by atoms with Gasteiger partial charge in [-0.3, -0.25) is 29.6 Å². The van der Waals surface area contributed by atoms with Crippen molar-refractivity contribution in [3.05, 3.63) is 105 Å². The molecule has 3 aromatic rings. The third-order valence-corrected chi connectivity index (χ3v) is 5.27. The van der Waals surface area contributed by atoms with Gasteiger partial charge < -0.3 is 5.32 Å². The second-order valence-electron chi connectivity index (χ2n) is 7.55. The normalized spacial score (nSPS) is 13.6. The van der Waals surface area contributed by atoms with E-state index in [-0.39, 0.29) is 23.5 Å². The molecule has 8 nitrogen and oxygen atoms in total. The van der Waals surface area contributed by atoms with E-state index in [0.717, 1.165) is 21.6 Å². The number of nitrogens with zero attached hydrogens (tertiary/aromatic N) is 3. The number of hydrogen-bond acceptors (Lipinski definition) is 6. The van der Waals surface area contributed by atoms with E-state index in [1.807, 2.05) is 32.0 Å². The minimum absolute atomic E-state index is 0.0920. The lowest BCUT2D eigenvalue weighted by Crippen LogP contribution is -2.32. The lowest BCUT2D eigenvalue weighted by molar-refractivity contribution is -0.384. The number of nitro benzene ring substituents is 1. The highest BCUT2D eigenvalue weighted by Crippen LogP contribution is 2.33. The second kappa shape index (κ2) is 8.43. The van der Waals surface area contributed by atoms with E-state index >= 15 is 0 Å². The first-order chi connectivity index (χ1) is 15.3. The number of carbonyl (C=O) groups is 2. The van der Waals surface area contributed by atoms with Crippen LogP contribution >= 0.6 is 0 Å². The van der Waals surface area contributed by atoms with Crippen molar-refractivity contribution < 1.29 is 14.5 Å². The van der Waals surface area contributed by atoms with Crippen LogP contribution in [0.4, 0.5) is 11.4 Å². The number of benzene rings is 2. The number of carbonyl (C=O) groups excluding carboxylic acids is 2. The molecule has 0 saturated heterocycles. The third-order valence-electron chi connectivity index (χ3n) is 5.27. The van der Waals surface area contributed by atoms with Crippen molar-refractivity contribution in [1.82, 2.24) is 9.88 Å². The van der Waals surface area contributed by atoms with Crippen LogP contribution in [-0.4, -0.2) is 26.6 Å². The number of rotatable bonds is 6. The molecule has 2 aromatic carbocycles. The zero-order valence-electron chi connectivity index (χ0n) is 17.5. The van der Waals surface area contributed by atoms with Crippen LogP contribution in [-0.2, 0) is 16.1 Å². The molecule has 0 radical (unpaired) electrons. The quantitative estimate of drug-likeness (QED) is 0.361. The van der Waals surface area contributed by atoms with Crippen LogP contribution < -0.4 is 5.32 Å². The Labute approximate surface area is 184 Å². The second-order valence-corrected chi connectivity index (χ2v) is 7.55. The summed E-state index contributed by atoms with van der Waals surface area (Å²) in [5.41, 5.74) is 4.12. The van der Waals surface area contributed by atoms with Crippen molar-refractivity contribution in [3.63, 3.8) is 0 Å². The molecule has 160 valence electrons. The lowest BCUT2D eigenvalue weighted by atomic mass is 10.0. The summed E-state index contributed by atoms with van der Waals surface area (Å²) in [6.07, 6.45) is 3.19. The molecule has 8 heteroatoms. The first kappa shape index (κ1) is 20.9. The minimum atomic E-state index is -0.510. The Morgan fingerprint density at radius 1 is 0.969 bits per heavy atom. The zero-order valence-corrected chi connectivity index (χ0v) is 17.5. The highest BCUT2D eigenvalue weighted by Gasteiger charge is 2.39. The molecule has 4 rings (SSSR count). The van der Waals surface area contributed by atoms with E-state index in [1.165, 1.54) is 24.3 Å². The molecule has 1 N–H and O–H groups in total. The van der Waals surface area contributed by atoms with Gasteiger partial charge in [0.05, 0.1) is 17.0 Å². The fourth-order valence-corrected chi connectivity index (χ4v) is 3.61. The van der Waals surface area contributed by atoms with Gasteiger partial charge in [-0.2, -0.15) is 0 Å². The van der Waals surface area contributed by atoms with E-state index in [4.69, 9.17) is 0 Å². The zero-order chi connectivity index (χ0) is 22.8. The molecule has 0 spiro atoms. The van der Waals surface area contributed by atoms with Gasteiger partial charge in [0.2, 0.25) is 0 Å². The van der Waals surface area contributed by atoms with E-state index in [0.29, 0.717) is 11.3 Å². The maximum atomic E-state index is 13.3. The number of imide groups is 1. The monoisotopic (exact) mass is 428 g/mol. The highest BCUT2D eigenvalue weighted by molar-refractivity contribution is 6.36. The molecule has 1 aromatic heterocycles. The Bertz CT molecular complexity index is 1250. The number of amides is 2. The topological polar surface area (TPSA) is 105 Å². The number of aromatic nitrogens is 1. The van der Waals surface area contributed by atoms with Gasteiger partial charge in [0, 0.05) is 30.2 Å². The average molecular weight is 428 g/mol. The van der Waals surface area contributed by atoms with E-state index in [9.17, 15) is 19.7 Å². The van der Waals surface area contributed by atoms with Crippen LogP contribution in [0, 0.1) is 24.0 Å². The van der Waals surface area contributed by atoms with E-state index < -0.39 is 16.7 Å². The summed E-state index contributed by atoms with van der Waals surface area (Å²) < 4.78 is 0. The van der Waals surface area contributed by atoms with Gasteiger partial charge in [-0.05, 0) is 60.9 Å². The number of nitro groups is 1. The summed E-state index contributed by atoms with van der Waals surface area (Å²) in [6, 6.07) is 14.8. The molecule has 2 heterocycles.